The molecule has 0 aliphatic heterocycles. The molecule has 0 aliphatic rings. The number of carboxylic acid groups (broad SMARTS) is 1. The number of aromatic carboxylic acids is 1. The number of nitrogens with zero attached hydrogens (tertiary/aromatic N) is 1. The summed E-state index contributed by atoms with van der Waals surface area (Å²) in [6.07, 6.45) is 0. The fourth-order valence-electron chi connectivity index (χ4n) is 1.55. The van der Waals surface area contributed by atoms with Gasteiger partial charge in [-0.3, -0.25) is 4.79 Å². The van der Waals surface area contributed by atoms with E-state index in [-0.39, 0.29) is 23.7 Å². The van der Waals surface area contributed by atoms with E-state index in [9.17, 15) is 14.4 Å². The van der Waals surface area contributed by atoms with E-state index in [2.05, 4.69) is 26.6 Å². The van der Waals surface area contributed by atoms with Crippen LogP contribution in [-0.2, 0) is 4.79 Å². The Bertz CT molecular complexity index is 562. The molecule has 0 aliphatic carbocycles. The number of benzene rings is 1. The highest BCUT2D eigenvalue weighted by atomic mass is 79.9. The number of carboxylic acids is 1. The summed E-state index contributed by atoms with van der Waals surface area (Å²) in [6.45, 7) is 2.14. The van der Waals surface area contributed by atoms with Crippen molar-refractivity contribution in [3.63, 3.8) is 0 Å². The molecule has 0 fully saturated rings. The van der Waals surface area contributed by atoms with Gasteiger partial charge in [0.05, 0.1) is 11.3 Å². The maximum Gasteiger partial charge on any atom is 0.337 e. The number of hydrogen-bond acceptors (Lipinski definition) is 3. The predicted molar refractivity (Wildman–Crippen MR) is 81.4 cm³/mol. The van der Waals surface area contributed by atoms with Gasteiger partial charge in [-0.2, -0.15) is 0 Å². The van der Waals surface area contributed by atoms with Crippen LogP contribution in [0.4, 0.5) is 10.5 Å². The summed E-state index contributed by atoms with van der Waals surface area (Å²) < 4.78 is 0.591. The van der Waals surface area contributed by atoms with E-state index in [1.54, 1.807) is 13.0 Å². The smallest absolute Gasteiger partial charge is 0.337 e. The molecule has 7 nitrogen and oxygen atoms in total. The van der Waals surface area contributed by atoms with Crippen LogP contribution in [0.5, 0.6) is 0 Å². The molecule has 8 heteroatoms. The van der Waals surface area contributed by atoms with Gasteiger partial charge in [-0.15, -0.1) is 0 Å². The minimum absolute atomic E-state index is 0.0378. The molecule has 0 atom stereocenters. The first-order valence-electron chi connectivity index (χ1n) is 6.16. The molecular formula is C13H16BrN3O4. The molecule has 1 aromatic rings. The van der Waals surface area contributed by atoms with Gasteiger partial charge in [-0.1, -0.05) is 15.9 Å². The summed E-state index contributed by atoms with van der Waals surface area (Å²) in [5.41, 5.74) is 0.127. The Morgan fingerprint density at radius 3 is 2.57 bits per heavy atom. The van der Waals surface area contributed by atoms with E-state index < -0.39 is 12.0 Å². The normalized spacial score (nSPS) is 9.86. The van der Waals surface area contributed by atoms with E-state index in [1.807, 2.05) is 0 Å². The second-order valence-corrected chi connectivity index (χ2v) is 5.15. The van der Waals surface area contributed by atoms with Crippen molar-refractivity contribution < 1.29 is 19.5 Å². The number of amides is 3. The number of carbonyl (C=O) groups excluding carboxylic acids is 2. The molecule has 0 aromatic heterocycles. The number of halogens is 1. The van der Waals surface area contributed by atoms with Crippen molar-refractivity contribution >= 4 is 39.5 Å². The van der Waals surface area contributed by atoms with Gasteiger partial charge in [0, 0.05) is 18.1 Å². The standard InChI is InChI=1S/C13H16BrN3O4/c1-3-15-11(18)7-17(2)13(21)16-10-5-4-8(14)6-9(10)12(19)20/h4-6H,3,7H2,1-2H3,(H,15,18)(H,16,21)(H,19,20). The molecular weight excluding hydrogens is 342 g/mol. The SMILES string of the molecule is CCNC(=O)CN(C)C(=O)Nc1ccc(Br)cc1C(=O)O. The number of urea groups is 1. The van der Waals surface area contributed by atoms with Crippen LogP contribution in [0.3, 0.4) is 0 Å². The van der Waals surface area contributed by atoms with Crippen molar-refractivity contribution in [3.05, 3.63) is 28.2 Å². The third kappa shape index (κ3) is 5.07. The molecule has 0 saturated heterocycles. The number of nitrogens with one attached hydrogen (secondary N) is 2. The molecule has 21 heavy (non-hydrogen) atoms. The zero-order valence-corrected chi connectivity index (χ0v) is 13.2. The molecule has 114 valence electrons. The maximum atomic E-state index is 11.9. The van der Waals surface area contributed by atoms with E-state index in [0.717, 1.165) is 0 Å². The molecule has 3 amide bonds. The lowest BCUT2D eigenvalue weighted by atomic mass is 10.2. The van der Waals surface area contributed by atoms with Crippen LogP contribution in [-0.4, -0.2) is 48.1 Å². The Morgan fingerprint density at radius 1 is 1.33 bits per heavy atom. The van der Waals surface area contributed by atoms with Gasteiger partial charge in [0.15, 0.2) is 0 Å². The van der Waals surface area contributed by atoms with Crippen molar-refractivity contribution in [1.29, 1.82) is 0 Å². The summed E-state index contributed by atoms with van der Waals surface area (Å²) in [7, 11) is 1.45. The van der Waals surface area contributed by atoms with Crippen molar-refractivity contribution in [2.75, 3.05) is 25.5 Å². The van der Waals surface area contributed by atoms with E-state index >= 15 is 0 Å². The zero-order valence-electron chi connectivity index (χ0n) is 11.6. The van der Waals surface area contributed by atoms with E-state index in [1.165, 1.54) is 24.1 Å². The van der Waals surface area contributed by atoms with Crippen LogP contribution in [0, 0.1) is 0 Å². The zero-order chi connectivity index (χ0) is 16.0. The van der Waals surface area contributed by atoms with Crippen molar-refractivity contribution in [3.8, 4) is 0 Å². The lowest BCUT2D eigenvalue weighted by Gasteiger charge is -2.18. The minimum Gasteiger partial charge on any atom is -0.478 e. The Morgan fingerprint density at radius 2 is 2.00 bits per heavy atom. The largest absolute Gasteiger partial charge is 0.478 e. The van der Waals surface area contributed by atoms with Crippen molar-refractivity contribution in [2.24, 2.45) is 0 Å². The topological polar surface area (TPSA) is 98.7 Å². The number of likely N-dealkylation sites (N-methyl/N-ethyl adjacent to an activating group) is 2. The highest BCUT2D eigenvalue weighted by molar-refractivity contribution is 9.10. The minimum atomic E-state index is -1.15. The molecule has 0 bridgehead atoms. The van der Waals surface area contributed by atoms with E-state index in [4.69, 9.17) is 5.11 Å². The molecule has 0 radical (unpaired) electrons. The van der Waals surface area contributed by atoms with Crippen LogP contribution in [0.2, 0.25) is 0 Å². The average molecular weight is 358 g/mol. The predicted octanol–water partition coefficient (Wildman–Crippen LogP) is 1.75. The summed E-state index contributed by atoms with van der Waals surface area (Å²) in [4.78, 5) is 35.6. The first-order valence-corrected chi connectivity index (χ1v) is 6.96. The number of carbonyl (C=O) groups is 3. The van der Waals surface area contributed by atoms with Gasteiger partial charge in [-0.05, 0) is 25.1 Å². The summed E-state index contributed by atoms with van der Waals surface area (Å²) >= 11 is 3.17. The average Bonchev–Trinajstić information content (AvgIpc) is 2.40. The number of rotatable bonds is 5. The molecule has 0 heterocycles. The van der Waals surface area contributed by atoms with Gasteiger partial charge < -0.3 is 20.6 Å². The first-order chi connectivity index (χ1) is 9.85. The highest BCUT2D eigenvalue weighted by Gasteiger charge is 2.16. The fraction of sp³-hybridized carbons (Fsp3) is 0.308. The van der Waals surface area contributed by atoms with E-state index in [0.29, 0.717) is 11.0 Å². The second kappa shape index (κ2) is 7.63. The quantitative estimate of drug-likeness (QED) is 0.747. The fourth-order valence-corrected chi connectivity index (χ4v) is 1.91. The van der Waals surface area contributed by atoms with Gasteiger partial charge in [0.25, 0.3) is 0 Å². The Kier molecular flexibility index (Phi) is 6.16. The summed E-state index contributed by atoms with van der Waals surface area (Å²) in [6, 6.07) is 3.92. The Balaban J connectivity index is 2.79. The summed E-state index contributed by atoms with van der Waals surface area (Å²) in [5.74, 6) is -1.44. The molecule has 1 aromatic carbocycles. The Hall–Kier alpha value is -2.09. The number of anilines is 1. The molecule has 0 saturated carbocycles. The third-order valence-electron chi connectivity index (χ3n) is 2.56. The van der Waals surface area contributed by atoms with Crippen LogP contribution in [0.15, 0.2) is 22.7 Å². The van der Waals surface area contributed by atoms with Crippen LogP contribution in [0.1, 0.15) is 17.3 Å². The third-order valence-corrected chi connectivity index (χ3v) is 3.05. The van der Waals surface area contributed by atoms with Crippen LogP contribution < -0.4 is 10.6 Å². The highest BCUT2D eigenvalue weighted by Crippen LogP contribution is 2.21. The maximum absolute atomic E-state index is 11.9. The second-order valence-electron chi connectivity index (χ2n) is 4.23. The van der Waals surface area contributed by atoms with Gasteiger partial charge in [0.1, 0.15) is 6.54 Å². The van der Waals surface area contributed by atoms with Gasteiger partial charge in [0.2, 0.25) is 5.91 Å². The number of hydrogen-bond donors (Lipinski definition) is 3. The van der Waals surface area contributed by atoms with Gasteiger partial charge >= 0.3 is 12.0 Å². The molecule has 0 spiro atoms. The molecule has 1 rings (SSSR count). The van der Waals surface area contributed by atoms with Crippen LogP contribution in [0.25, 0.3) is 0 Å². The molecule has 0 unspecified atom stereocenters. The summed E-state index contributed by atoms with van der Waals surface area (Å²) in [5, 5.41) is 14.2. The Labute approximate surface area is 130 Å². The van der Waals surface area contributed by atoms with Gasteiger partial charge in [-0.25, -0.2) is 9.59 Å². The van der Waals surface area contributed by atoms with Crippen molar-refractivity contribution in [2.45, 2.75) is 6.92 Å². The van der Waals surface area contributed by atoms with Crippen LogP contribution >= 0.6 is 15.9 Å². The first kappa shape index (κ1) is 17.0. The lowest BCUT2D eigenvalue weighted by molar-refractivity contribution is -0.121. The van der Waals surface area contributed by atoms with Crippen molar-refractivity contribution in [1.82, 2.24) is 10.2 Å². The molecule has 3 N–H and O–H groups in total. The monoisotopic (exact) mass is 357 g/mol. The lowest BCUT2D eigenvalue weighted by Crippen LogP contribution is -2.40.